The van der Waals surface area contributed by atoms with Crippen molar-refractivity contribution in [3.05, 3.63) is 34.8 Å². The van der Waals surface area contributed by atoms with Crippen LogP contribution in [0.1, 0.15) is 23.0 Å². The molecule has 10 heteroatoms. The SMILES string of the molecule is CCOC(=O)Cc1csc(NC(=O)COC(=O)c2c(OC)cccc2OC)n1. The van der Waals surface area contributed by atoms with Crippen molar-refractivity contribution in [3.8, 4) is 11.5 Å². The third kappa shape index (κ3) is 5.68. The van der Waals surface area contributed by atoms with Crippen molar-refractivity contribution in [1.29, 1.82) is 0 Å². The molecule has 0 saturated carbocycles. The number of anilines is 1. The van der Waals surface area contributed by atoms with Gasteiger partial charge in [0.05, 0.1) is 32.9 Å². The molecule has 9 nitrogen and oxygen atoms in total. The van der Waals surface area contributed by atoms with Gasteiger partial charge in [0.2, 0.25) is 0 Å². The number of thiazole rings is 1. The fraction of sp³-hybridized carbons (Fsp3) is 0.333. The number of ether oxygens (including phenoxy) is 4. The van der Waals surface area contributed by atoms with E-state index in [1.54, 1.807) is 30.5 Å². The molecule has 1 heterocycles. The molecule has 0 fully saturated rings. The lowest BCUT2D eigenvalue weighted by Crippen LogP contribution is -2.21. The van der Waals surface area contributed by atoms with Crippen molar-refractivity contribution < 1.29 is 33.3 Å². The van der Waals surface area contributed by atoms with Crippen LogP contribution in [0, 0.1) is 0 Å². The van der Waals surface area contributed by atoms with Crippen molar-refractivity contribution in [1.82, 2.24) is 4.98 Å². The van der Waals surface area contributed by atoms with Crippen molar-refractivity contribution in [3.63, 3.8) is 0 Å². The van der Waals surface area contributed by atoms with Gasteiger partial charge in [-0.2, -0.15) is 0 Å². The van der Waals surface area contributed by atoms with Gasteiger partial charge in [0.1, 0.15) is 17.1 Å². The summed E-state index contributed by atoms with van der Waals surface area (Å²) in [7, 11) is 2.82. The first kappa shape index (κ1) is 21.2. The molecule has 0 unspecified atom stereocenters. The lowest BCUT2D eigenvalue weighted by Gasteiger charge is -2.12. The van der Waals surface area contributed by atoms with Crippen molar-refractivity contribution in [2.45, 2.75) is 13.3 Å². The Morgan fingerprint density at radius 1 is 1.11 bits per heavy atom. The maximum atomic E-state index is 12.3. The summed E-state index contributed by atoms with van der Waals surface area (Å²) in [5.41, 5.74) is 0.570. The molecule has 0 aliphatic rings. The van der Waals surface area contributed by atoms with Crippen LogP contribution in [-0.2, 0) is 25.5 Å². The van der Waals surface area contributed by atoms with E-state index in [2.05, 4.69) is 10.3 Å². The molecular weight excluding hydrogens is 388 g/mol. The number of amides is 1. The maximum absolute atomic E-state index is 12.3. The fourth-order valence-electron chi connectivity index (χ4n) is 2.22. The highest BCUT2D eigenvalue weighted by molar-refractivity contribution is 7.13. The average Bonchev–Trinajstić information content (AvgIpc) is 3.11. The lowest BCUT2D eigenvalue weighted by molar-refractivity contribution is -0.142. The number of esters is 2. The minimum absolute atomic E-state index is 0.0167. The number of hydrogen-bond donors (Lipinski definition) is 1. The first-order valence-electron chi connectivity index (χ1n) is 8.26. The Kier molecular flexibility index (Phi) is 7.76. The number of hydrogen-bond acceptors (Lipinski definition) is 9. The number of aromatic nitrogens is 1. The number of nitrogens with one attached hydrogen (secondary N) is 1. The molecule has 0 atom stereocenters. The van der Waals surface area contributed by atoms with E-state index in [1.807, 2.05) is 0 Å². The Hall–Kier alpha value is -3.14. The fourth-order valence-corrected chi connectivity index (χ4v) is 2.94. The second kappa shape index (κ2) is 10.3. The highest BCUT2D eigenvalue weighted by Gasteiger charge is 2.21. The molecule has 1 N–H and O–H groups in total. The molecule has 2 aromatic rings. The van der Waals surface area contributed by atoms with Crippen LogP contribution in [0.25, 0.3) is 0 Å². The van der Waals surface area contributed by atoms with E-state index in [0.717, 1.165) is 11.3 Å². The third-order valence-electron chi connectivity index (χ3n) is 3.40. The summed E-state index contributed by atoms with van der Waals surface area (Å²) in [6.45, 7) is 1.48. The number of rotatable bonds is 9. The maximum Gasteiger partial charge on any atom is 0.346 e. The van der Waals surface area contributed by atoms with Gasteiger partial charge in [0.25, 0.3) is 5.91 Å². The van der Waals surface area contributed by atoms with E-state index in [1.165, 1.54) is 14.2 Å². The summed E-state index contributed by atoms with van der Waals surface area (Å²) < 4.78 is 20.2. The molecular formula is C18H20N2O7S. The van der Waals surface area contributed by atoms with Crippen LogP contribution in [0.5, 0.6) is 11.5 Å². The second-order valence-electron chi connectivity index (χ2n) is 5.29. The largest absolute Gasteiger partial charge is 0.496 e. The van der Waals surface area contributed by atoms with Gasteiger partial charge in [-0.05, 0) is 19.1 Å². The first-order chi connectivity index (χ1) is 13.5. The van der Waals surface area contributed by atoms with E-state index in [0.29, 0.717) is 5.69 Å². The van der Waals surface area contributed by atoms with Gasteiger partial charge in [-0.25, -0.2) is 9.78 Å². The minimum atomic E-state index is -0.758. The Bertz CT molecular complexity index is 828. The normalized spacial score (nSPS) is 10.1. The molecule has 0 spiro atoms. The topological polar surface area (TPSA) is 113 Å². The lowest BCUT2D eigenvalue weighted by atomic mass is 10.2. The molecule has 0 aliphatic carbocycles. The van der Waals surface area contributed by atoms with Crippen molar-refractivity contribution in [2.24, 2.45) is 0 Å². The van der Waals surface area contributed by atoms with Crippen LogP contribution >= 0.6 is 11.3 Å². The van der Waals surface area contributed by atoms with Gasteiger partial charge in [0.15, 0.2) is 11.7 Å². The molecule has 0 radical (unpaired) electrons. The van der Waals surface area contributed by atoms with Crippen LogP contribution < -0.4 is 14.8 Å². The Balaban J connectivity index is 1.92. The number of nitrogens with zero attached hydrogens (tertiary/aromatic N) is 1. The van der Waals surface area contributed by atoms with E-state index in [9.17, 15) is 14.4 Å². The number of methoxy groups -OCH3 is 2. The summed E-state index contributed by atoms with van der Waals surface area (Å²) in [5, 5.41) is 4.43. The van der Waals surface area contributed by atoms with Gasteiger partial charge < -0.3 is 18.9 Å². The van der Waals surface area contributed by atoms with Crippen LogP contribution in [0.3, 0.4) is 0 Å². The minimum Gasteiger partial charge on any atom is -0.496 e. The van der Waals surface area contributed by atoms with Gasteiger partial charge in [0, 0.05) is 5.38 Å². The van der Waals surface area contributed by atoms with Crippen molar-refractivity contribution in [2.75, 3.05) is 32.8 Å². The average molecular weight is 408 g/mol. The van der Waals surface area contributed by atoms with Crippen LogP contribution in [0.2, 0.25) is 0 Å². The molecule has 28 heavy (non-hydrogen) atoms. The van der Waals surface area contributed by atoms with E-state index in [4.69, 9.17) is 18.9 Å². The Morgan fingerprint density at radius 3 is 2.39 bits per heavy atom. The molecule has 0 aliphatic heterocycles. The smallest absolute Gasteiger partial charge is 0.346 e. The van der Waals surface area contributed by atoms with Crippen molar-refractivity contribution >= 4 is 34.3 Å². The van der Waals surface area contributed by atoms with Crippen LogP contribution in [-0.4, -0.2) is 50.3 Å². The summed E-state index contributed by atoms with van der Waals surface area (Å²) >= 11 is 1.15. The Labute approximate surface area is 165 Å². The summed E-state index contributed by atoms with van der Waals surface area (Å²) in [5.74, 6) is -1.18. The quantitative estimate of drug-likeness (QED) is 0.628. The number of carbonyl (C=O) groups excluding carboxylic acids is 3. The zero-order chi connectivity index (χ0) is 20.5. The summed E-state index contributed by atoms with van der Waals surface area (Å²) in [4.78, 5) is 39.9. The van der Waals surface area contributed by atoms with E-state index in [-0.39, 0.29) is 35.2 Å². The van der Waals surface area contributed by atoms with Crippen LogP contribution in [0.15, 0.2) is 23.6 Å². The van der Waals surface area contributed by atoms with Gasteiger partial charge in [-0.3, -0.25) is 14.9 Å². The summed E-state index contributed by atoms with van der Waals surface area (Å²) in [6.07, 6.45) is 0.0167. The molecule has 0 saturated heterocycles. The molecule has 1 aromatic carbocycles. The zero-order valence-corrected chi connectivity index (χ0v) is 16.5. The van der Waals surface area contributed by atoms with E-state index < -0.39 is 24.5 Å². The molecule has 1 aromatic heterocycles. The summed E-state index contributed by atoms with van der Waals surface area (Å²) in [6, 6.07) is 4.83. The van der Waals surface area contributed by atoms with Gasteiger partial charge >= 0.3 is 11.9 Å². The number of benzene rings is 1. The highest BCUT2D eigenvalue weighted by Crippen LogP contribution is 2.28. The molecule has 2 rings (SSSR count). The number of carbonyl (C=O) groups is 3. The Morgan fingerprint density at radius 2 is 1.79 bits per heavy atom. The van der Waals surface area contributed by atoms with Gasteiger partial charge in [-0.15, -0.1) is 11.3 Å². The molecule has 150 valence electrons. The molecule has 1 amide bonds. The third-order valence-corrected chi connectivity index (χ3v) is 4.20. The highest BCUT2D eigenvalue weighted by atomic mass is 32.1. The van der Waals surface area contributed by atoms with E-state index >= 15 is 0 Å². The first-order valence-corrected chi connectivity index (χ1v) is 9.14. The second-order valence-corrected chi connectivity index (χ2v) is 6.15. The predicted octanol–water partition coefficient (Wildman–Crippen LogP) is 2.06. The zero-order valence-electron chi connectivity index (χ0n) is 15.6. The monoisotopic (exact) mass is 408 g/mol. The standard InChI is InChI=1S/C18H20N2O7S/c1-4-26-15(22)8-11-10-28-18(19-11)20-14(21)9-27-17(23)16-12(24-2)6-5-7-13(16)25-3/h5-7,10H,4,8-9H2,1-3H3,(H,19,20,21). The molecule has 0 bridgehead atoms. The van der Waals surface area contributed by atoms with Gasteiger partial charge in [-0.1, -0.05) is 6.07 Å². The predicted molar refractivity (Wildman–Crippen MR) is 101 cm³/mol. The van der Waals surface area contributed by atoms with Crippen LogP contribution in [0.4, 0.5) is 5.13 Å².